The average Bonchev–Trinajstić information content (AvgIpc) is 2.74. The quantitative estimate of drug-likeness (QED) is 0.387. The summed E-state index contributed by atoms with van der Waals surface area (Å²) in [4.78, 5) is 27.7. The molecule has 3 aromatic rings. The van der Waals surface area contributed by atoms with Gasteiger partial charge in [0, 0.05) is 17.6 Å². The van der Waals surface area contributed by atoms with E-state index in [1.807, 2.05) is 5.32 Å². The van der Waals surface area contributed by atoms with Gasteiger partial charge in [0.15, 0.2) is 5.82 Å². The van der Waals surface area contributed by atoms with Crippen LogP contribution in [0.25, 0.3) is 0 Å². The maximum absolute atomic E-state index is 13.7. The van der Waals surface area contributed by atoms with E-state index in [9.17, 15) is 40.3 Å². The van der Waals surface area contributed by atoms with E-state index in [-0.39, 0.29) is 11.4 Å². The molecule has 0 radical (unpaired) electrons. The second-order valence-electron chi connectivity index (χ2n) is 6.73. The lowest BCUT2D eigenvalue weighted by Crippen LogP contribution is -2.21. The molecule has 0 spiro atoms. The highest BCUT2D eigenvalue weighted by Crippen LogP contribution is 2.37. The van der Waals surface area contributed by atoms with Crippen molar-refractivity contribution >= 4 is 29.0 Å². The molecule has 13 heteroatoms. The van der Waals surface area contributed by atoms with Crippen LogP contribution in [0.15, 0.2) is 60.9 Å². The fraction of sp³-hybridized carbons (Fsp3) is 0.0952. The van der Waals surface area contributed by atoms with Crippen molar-refractivity contribution < 1.29 is 40.3 Å². The van der Waals surface area contributed by atoms with E-state index in [1.165, 1.54) is 0 Å². The highest BCUT2D eigenvalue weighted by Gasteiger charge is 2.35. The van der Waals surface area contributed by atoms with Gasteiger partial charge in [0.1, 0.15) is 0 Å². The number of aromatic nitrogens is 1. The van der Waals surface area contributed by atoms with E-state index >= 15 is 0 Å². The molecular formula is C21H13F7N4O2. The summed E-state index contributed by atoms with van der Waals surface area (Å²) >= 11 is 0. The van der Waals surface area contributed by atoms with Gasteiger partial charge < -0.3 is 16.0 Å². The van der Waals surface area contributed by atoms with Gasteiger partial charge in [0.05, 0.1) is 28.6 Å². The van der Waals surface area contributed by atoms with Crippen LogP contribution in [0.5, 0.6) is 0 Å². The summed E-state index contributed by atoms with van der Waals surface area (Å²) in [6.07, 6.45) is -7.84. The van der Waals surface area contributed by atoms with Crippen LogP contribution in [0.1, 0.15) is 21.5 Å². The third-order valence-corrected chi connectivity index (χ3v) is 4.30. The number of hydrogen-bond donors (Lipinski definition) is 3. The van der Waals surface area contributed by atoms with Crippen molar-refractivity contribution in [1.82, 2.24) is 4.98 Å². The molecule has 1 aromatic heterocycles. The van der Waals surface area contributed by atoms with E-state index in [2.05, 4.69) is 15.6 Å². The zero-order valence-electron chi connectivity index (χ0n) is 16.7. The van der Waals surface area contributed by atoms with E-state index < -0.39 is 52.5 Å². The highest BCUT2D eigenvalue weighted by atomic mass is 19.4. The second-order valence-corrected chi connectivity index (χ2v) is 6.73. The monoisotopic (exact) mass is 486 g/mol. The van der Waals surface area contributed by atoms with Crippen molar-refractivity contribution in [1.29, 1.82) is 0 Å². The third-order valence-electron chi connectivity index (χ3n) is 4.30. The summed E-state index contributed by atoms with van der Waals surface area (Å²) in [5.74, 6) is -2.20. The average molecular weight is 486 g/mol. The number of halogens is 7. The maximum atomic E-state index is 13.7. The predicted octanol–water partition coefficient (Wildman–Crippen LogP) is 6.15. The van der Waals surface area contributed by atoms with Gasteiger partial charge in [-0.1, -0.05) is 6.07 Å². The number of carbonyl (C=O) groups is 2. The molecule has 3 amide bonds. The molecule has 0 bridgehead atoms. The zero-order valence-corrected chi connectivity index (χ0v) is 16.7. The first-order valence-corrected chi connectivity index (χ1v) is 9.22. The van der Waals surface area contributed by atoms with Crippen molar-refractivity contribution in [2.45, 2.75) is 12.4 Å². The summed E-state index contributed by atoms with van der Waals surface area (Å²) in [7, 11) is 0. The summed E-state index contributed by atoms with van der Waals surface area (Å²) in [6, 6.07) is 5.86. The molecule has 2 aromatic carbocycles. The Morgan fingerprint density at radius 3 is 2.09 bits per heavy atom. The van der Waals surface area contributed by atoms with Gasteiger partial charge in [0.25, 0.3) is 5.91 Å². The van der Waals surface area contributed by atoms with Crippen molar-refractivity contribution in [2.24, 2.45) is 0 Å². The summed E-state index contributed by atoms with van der Waals surface area (Å²) in [5.41, 5.74) is -4.25. The maximum Gasteiger partial charge on any atom is 0.418 e. The number of carbonyl (C=O) groups excluding carboxylic acids is 2. The standard InChI is InChI=1S/C21H13F7N4O2/c22-16-10-29-7-6-14(16)18(33)32-17-5-4-13(9-15(17)21(26,27)28)31-19(34)30-12-3-1-2-11(8-12)20(23,24)25/h1-10H,(H,32,33)(H2,30,31,34). The molecule has 3 rings (SSSR count). The van der Waals surface area contributed by atoms with Crippen LogP contribution in [0.4, 0.5) is 52.6 Å². The number of pyridine rings is 1. The van der Waals surface area contributed by atoms with Crippen molar-refractivity contribution in [3.63, 3.8) is 0 Å². The molecular weight excluding hydrogens is 473 g/mol. The molecule has 0 aliphatic rings. The topological polar surface area (TPSA) is 83.1 Å². The Morgan fingerprint density at radius 1 is 0.794 bits per heavy atom. The number of alkyl halides is 6. The molecule has 0 saturated heterocycles. The Kier molecular flexibility index (Phi) is 6.75. The summed E-state index contributed by atoms with van der Waals surface area (Å²) in [5, 5.41) is 6.11. The Labute approximate surface area is 186 Å². The summed E-state index contributed by atoms with van der Waals surface area (Å²) < 4.78 is 92.6. The van der Waals surface area contributed by atoms with Crippen LogP contribution in [0, 0.1) is 5.82 Å². The zero-order chi connectivity index (χ0) is 25.1. The molecule has 178 valence electrons. The lowest BCUT2D eigenvalue weighted by molar-refractivity contribution is -0.138. The van der Waals surface area contributed by atoms with Gasteiger partial charge in [-0.3, -0.25) is 9.78 Å². The van der Waals surface area contributed by atoms with E-state index in [0.717, 1.165) is 48.8 Å². The van der Waals surface area contributed by atoms with Crippen LogP contribution in [-0.2, 0) is 12.4 Å². The Balaban J connectivity index is 1.79. The molecule has 0 aliphatic carbocycles. The van der Waals surface area contributed by atoms with Crippen LogP contribution in [0.3, 0.4) is 0 Å². The molecule has 0 aliphatic heterocycles. The van der Waals surface area contributed by atoms with Crippen LogP contribution < -0.4 is 16.0 Å². The Hall–Kier alpha value is -4.16. The minimum Gasteiger partial charge on any atom is -0.321 e. The van der Waals surface area contributed by atoms with Gasteiger partial charge >= 0.3 is 18.4 Å². The van der Waals surface area contributed by atoms with Gasteiger partial charge in [-0.15, -0.1) is 0 Å². The number of rotatable bonds is 4. The molecule has 0 atom stereocenters. The number of amides is 3. The first-order valence-electron chi connectivity index (χ1n) is 9.22. The summed E-state index contributed by atoms with van der Waals surface area (Å²) in [6.45, 7) is 0. The SMILES string of the molecule is O=C(Nc1cccc(C(F)(F)F)c1)Nc1ccc(NC(=O)c2ccncc2F)c(C(F)(F)F)c1. The molecule has 34 heavy (non-hydrogen) atoms. The molecule has 0 saturated carbocycles. The normalized spacial score (nSPS) is 11.6. The number of urea groups is 1. The van der Waals surface area contributed by atoms with Gasteiger partial charge in [-0.25, -0.2) is 9.18 Å². The minimum atomic E-state index is -4.98. The largest absolute Gasteiger partial charge is 0.418 e. The second kappa shape index (κ2) is 9.37. The number of anilines is 3. The van der Waals surface area contributed by atoms with E-state index in [0.29, 0.717) is 12.1 Å². The fourth-order valence-electron chi connectivity index (χ4n) is 2.78. The van der Waals surface area contributed by atoms with Gasteiger partial charge in [0.2, 0.25) is 0 Å². The van der Waals surface area contributed by atoms with E-state index in [1.54, 1.807) is 0 Å². The van der Waals surface area contributed by atoms with Crippen LogP contribution in [0.2, 0.25) is 0 Å². The fourth-order valence-corrected chi connectivity index (χ4v) is 2.78. The van der Waals surface area contributed by atoms with Crippen molar-refractivity contribution in [3.05, 3.63) is 83.4 Å². The molecule has 6 nitrogen and oxygen atoms in total. The number of nitrogens with zero attached hydrogens (tertiary/aromatic N) is 1. The predicted molar refractivity (Wildman–Crippen MR) is 108 cm³/mol. The Morgan fingerprint density at radius 2 is 1.47 bits per heavy atom. The molecule has 1 heterocycles. The lowest BCUT2D eigenvalue weighted by atomic mass is 10.1. The molecule has 0 fully saturated rings. The number of nitrogens with one attached hydrogen (secondary N) is 3. The number of hydrogen-bond acceptors (Lipinski definition) is 3. The molecule has 3 N–H and O–H groups in total. The minimum absolute atomic E-state index is 0.244. The molecule has 0 unspecified atom stereocenters. The smallest absolute Gasteiger partial charge is 0.321 e. The lowest BCUT2D eigenvalue weighted by Gasteiger charge is -2.16. The van der Waals surface area contributed by atoms with Gasteiger partial charge in [-0.05, 0) is 42.5 Å². The first-order chi connectivity index (χ1) is 15.8. The van der Waals surface area contributed by atoms with Crippen LogP contribution >= 0.6 is 0 Å². The van der Waals surface area contributed by atoms with E-state index in [4.69, 9.17) is 0 Å². The highest BCUT2D eigenvalue weighted by molar-refractivity contribution is 6.05. The van der Waals surface area contributed by atoms with Crippen LogP contribution in [-0.4, -0.2) is 16.9 Å². The number of benzene rings is 2. The van der Waals surface area contributed by atoms with Crippen molar-refractivity contribution in [2.75, 3.05) is 16.0 Å². The Bertz CT molecular complexity index is 1230. The van der Waals surface area contributed by atoms with Crippen molar-refractivity contribution in [3.8, 4) is 0 Å². The van der Waals surface area contributed by atoms with Gasteiger partial charge in [-0.2, -0.15) is 26.3 Å². The first kappa shape index (κ1) is 24.5. The third kappa shape index (κ3) is 5.99.